The number of carbonyl (C=O) groups is 1. The fraction of sp³-hybridized carbons (Fsp3) is 0.938. The summed E-state index contributed by atoms with van der Waals surface area (Å²) < 4.78 is 0. The number of unbranched alkanes of at least 4 members (excludes halogenated alkanes) is 1. The maximum Gasteiger partial charge on any atom is 0.241 e. The second kappa shape index (κ2) is 5.82. The van der Waals surface area contributed by atoms with E-state index in [9.17, 15) is 4.79 Å². The molecule has 2 aliphatic rings. The van der Waals surface area contributed by atoms with Crippen molar-refractivity contribution in [3.63, 3.8) is 0 Å². The number of carbonyl (C=O) groups excluding carboxylic acids is 1. The molecule has 0 radical (unpaired) electrons. The van der Waals surface area contributed by atoms with Crippen LogP contribution in [0.15, 0.2) is 0 Å². The molecule has 3 unspecified atom stereocenters. The van der Waals surface area contributed by atoms with E-state index in [0.29, 0.717) is 17.4 Å². The summed E-state index contributed by atoms with van der Waals surface area (Å²) in [6.45, 7) is 9.03. The number of amides is 1. The van der Waals surface area contributed by atoms with Crippen LogP contribution in [-0.4, -0.2) is 29.1 Å². The molecule has 1 saturated carbocycles. The molecule has 0 aromatic heterocycles. The Balaban J connectivity index is 2.04. The third-order valence-electron chi connectivity index (χ3n) is 4.85. The Labute approximate surface area is 118 Å². The van der Waals surface area contributed by atoms with Crippen LogP contribution in [0.3, 0.4) is 0 Å². The summed E-state index contributed by atoms with van der Waals surface area (Å²) in [5.41, 5.74) is 0.407. The van der Waals surface area contributed by atoms with Crippen LogP contribution >= 0.6 is 0 Å². The molecule has 1 saturated heterocycles. The lowest BCUT2D eigenvalue weighted by atomic mass is 9.91. The highest BCUT2D eigenvalue weighted by Crippen LogP contribution is 2.41. The molecular formula is C16H30N2O. The smallest absolute Gasteiger partial charge is 0.241 e. The van der Waals surface area contributed by atoms with Crippen LogP contribution in [0.25, 0.3) is 0 Å². The molecule has 3 atom stereocenters. The van der Waals surface area contributed by atoms with E-state index in [4.69, 9.17) is 0 Å². The molecule has 1 heterocycles. The zero-order chi connectivity index (χ0) is 14.0. The quantitative estimate of drug-likeness (QED) is 0.828. The second-order valence-corrected chi connectivity index (χ2v) is 7.09. The van der Waals surface area contributed by atoms with Gasteiger partial charge in [-0.2, -0.15) is 0 Å². The SMILES string of the molecule is CCCCC1NC(CC)N(C2CCC(C)(C)C2)C1=O. The van der Waals surface area contributed by atoms with Crippen LogP contribution in [0.5, 0.6) is 0 Å². The van der Waals surface area contributed by atoms with Gasteiger partial charge >= 0.3 is 0 Å². The lowest BCUT2D eigenvalue weighted by molar-refractivity contribution is -0.132. The van der Waals surface area contributed by atoms with E-state index < -0.39 is 0 Å². The van der Waals surface area contributed by atoms with Gasteiger partial charge in [-0.3, -0.25) is 10.1 Å². The van der Waals surface area contributed by atoms with Crippen molar-refractivity contribution in [2.24, 2.45) is 5.41 Å². The van der Waals surface area contributed by atoms with Crippen LogP contribution in [-0.2, 0) is 4.79 Å². The first kappa shape index (κ1) is 14.8. The Kier molecular flexibility index (Phi) is 4.54. The molecular weight excluding hydrogens is 236 g/mol. The van der Waals surface area contributed by atoms with Gasteiger partial charge in [0.25, 0.3) is 0 Å². The fourth-order valence-electron chi connectivity index (χ4n) is 3.72. The molecule has 0 aromatic rings. The lowest BCUT2D eigenvalue weighted by Gasteiger charge is -2.30. The standard InChI is InChI=1S/C16H30N2O/c1-5-7-8-13-15(19)18(14(6-2)17-13)12-9-10-16(3,4)11-12/h12-14,17H,5-11H2,1-4H3. The highest BCUT2D eigenvalue weighted by Gasteiger charge is 2.44. The maximum absolute atomic E-state index is 12.6. The fourth-order valence-corrected chi connectivity index (χ4v) is 3.72. The van der Waals surface area contributed by atoms with E-state index in [0.717, 1.165) is 25.7 Å². The first-order valence-corrected chi connectivity index (χ1v) is 8.06. The molecule has 3 nitrogen and oxygen atoms in total. The highest BCUT2D eigenvalue weighted by molar-refractivity contribution is 5.84. The van der Waals surface area contributed by atoms with E-state index in [2.05, 4.69) is 37.9 Å². The van der Waals surface area contributed by atoms with E-state index in [-0.39, 0.29) is 12.2 Å². The van der Waals surface area contributed by atoms with E-state index >= 15 is 0 Å². The third-order valence-corrected chi connectivity index (χ3v) is 4.85. The van der Waals surface area contributed by atoms with Gasteiger partial charge in [-0.05, 0) is 37.5 Å². The summed E-state index contributed by atoms with van der Waals surface area (Å²) in [5.74, 6) is 0.364. The molecule has 0 aromatic carbocycles. The average Bonchev–Trinajstić information content (AvgIpc) is 2.87. The number of hydrogen-bond donors (Lipinski definition) is 1. The van der Waals surface area contributed by atoms with Gasteiger partial charge < -0.3 is 4.90 Å². The van der Waals surface area contributed by atoms with Crippen molar-refractivity contribution in [2.75, 3.05) is 0 Å². The number of rotatable bonds is 5. The number of hydrogen-bond acceptors (Lipinski definition) is 2. The Morgan fingerprint density at radius 3 is 2.63 bits per heavy atom. The minimum atomic E-state index is 0.0774. The van der Waals surface area contributed by atoms with Gasteiger partial charge in [0, 0.05) is 6.04 Å². The number of nitrogens with one attached hydrogen (secondary N) is 1. The number of nitrogens with zero attached hydrogens (tertiary/aromatic N) is 1. The van der Waals surface area contributed by atoms with Gasteiger partial charge in [0.05, 0.1) is 12.2 Å². The Morgan fingerprint density at radius 1 is 1.37 bits per heavy atom. The molecule has 2 fully saturated rings. The van der Waals surface area contributed by atoms with Crippen molar-refractivity contribution >= 4 is 5.91 Å². The van der Waals surface area contributed by atoms with Crippen LogP contribution < -0.4 is 5.32 Å². The molecule has 0 bridgehead atoms. The third kappa shape index (κ3) is 3.13. The molecule has 19 heavy (non-hydrogen) atoms. The van der Waals surface area contributed by atoms with Crippen LogP contribution in [0.1, 0.15) is 72.6 Å². The first-order chi connectivity index (χ1) is 8.98. The molecule has 110 valence electrons. The van der Waals surface area contributed by atoms with Gasteiger partial charge in [-0.1, -0.05) is 40.5 Å². The Bertz CT molecular complexity index is 327. The molecule has 1 aliphatic heterocycles. The normalized spacial score (nSPS) is 34.2. The summed E-state index contributed by atoms with van der Waals surface area (Å²) in [6.07, 6.45) is 8.19. The van der Waals surface area contributed by atoms with Gasteiger partial charge in [0.2, 0.25) is 5.91 Å². The van der Waals surface area contributed by atoms with Gasteiger partial charge in [-0.15, -0.1) is 0 Å². The minimum absolute atomic E-state index is 0.0774. The van der Waals surface area contributed by atoms with Crippen LogP contribution in [0.4, 0.5) is 0 Å². The van der Waals surface area contributed by atoms with E-state index in [1.807, 2.05) is 0 Å². The molecule has 1 amide bonds. The predicted octanol–water partition coefficient (Wildman–Crippen LogP) is 3.29. The Morgan fingerprint density at radius 2 is 2.11 bits per heavy atom. The van der Waals surface area contributed by atoms with E-state index in [1.165, 1.54) is 19.3 Å². The lowest BCUT2D eigenvalue weighted by Crippen LogP contribution is -2.43. The summed E-state index contributed by atoms with van der Waals surface area (Å²) in [5, 5.41) is 3.56. The summed E-state index contributed by atoms with van der Waals surface area (Å²) in [6, 6.07) is 0.542. The van der Waals surface area contributed by atoms with Gasteiger partial charge in [-0.25, -0.2) is 0 Å². The average molecular weight is 266 g/mol. The highest BCUT2D eigenvalue weighted by atomic mass is 16.2. The molecule has 2 rings (SSSR count). The molecule has 3 heteroatoms. The van der Waals surface area contributed by atoms with Crippen molar-refractivity contribution in [3.05, 3.63) is 0 Å². The van der Waals surface area contributed by atoms with Crippen molar-refractivity contribution < 1.29 is 4.79 Å². The van der Waals surface area contributed by atoms with Crippen molar-refractivity contribution in [1.82, 2.24) is 10.2 Å². The first-order valence-electron chi connectivity index (χ1n) is 8.06. The topological polar surface area (TPSA) is 32.3 Å². The van der Waals surface area contributed by atoms with Gasteiger partial charge in [0.1, 0.15) is 0 Å². The van der Waals surface area contributed by atoms with Crippen molar-refractivity contribution in [1.29, 1.82) is 0 Å². The minimum Gasteiger partial charge on any atom is -0.323 e. The van der Waals surface area contributed by atoms with Crippen LogP contribution in [0, 0.1) is 5.41 Å². The van der Waals surface area contributed by atoms with Gasteiger partial charge in [0.15, 0.2) is 0 Å². The zero-order valence-electron chi connectivity index (χ0n) is 13.0. The Hall–Kier alpha value is -0.570. The van der Waals surface area contributed by atoms with Crippen LogP contribution in [0.2, 0.25) is 0 Å². The van der Waals surface area contributed by atoms with E-state index in [1.54, 1.807) is 0 Å². The molecule has 1 aliphatic carbocycles. The monoisotopic (exact) mass is 266 g/mol. The molecule has 1 N–H and O–H groups in total. The predicted molar refractivity (Wildman–Crippen MR) is 78.8 cm³/mol. The van der Waals surface area contributed by atoms with Crippen molar-refractivity contribution in [3.8, 4) is 0 Å². The van der Waals surface area contributed by atoms with Crippen molar-refractivity contribution in [2.45, 2.75) is 90.9 Å². The zero-order valence-corrected chi connectivity index (χ0v) is 13.0. The largest absolute Gasteiger partial charge is 0.323 e. The maximum atomic E-state index is 12.6. The summed E-state index contributed by atoms with van der Waals surface area (Å²) in [4.78, 5) is 14.8. The summed E-state index contributed by atoms with van der Waals surface area (Å²) >= 11 is 0. The summed E-state index contributed by atoms with van der Waals surface area (Å²) in [7, 11) is 0. The second-order valence-electron chi connectivity index (χ2n) is 7.09. The molecule has 0 spiro atoms.